The Hall–Kier alpha value is -4.25. The summed E-state index contributed by atoms with van der Waals surface area (Å²) < 4.78 is 2.02. The Morgan fingerprint density at radius 3 is 2.48 bits per heavy atom. The molecule has 1 aromatic carbocycles. The Labute approximate surface area is 177 Å². The quantitative estimate of drug-likeness (QED) is 0.298. The number of aliphatic hydroxyl groups excluding tert-OH is 1. The van der Waals surface area contributed by atoms with Crippen LogP contribution >= 0.6 is 0 Å². The molecule has 168 valence electrons. The van der Waals surface area contributed by atoms with Gasteiger partial charge in [-0.3, -0.25) is 4.57 Å². The molecule has 0 aliphatic rings. The van der Waals surface area contributed by atoms with Gasteiger partial charge >= 0.3 is 0 Å². The van der Waals surface area contributed by atoms with E-state index in [1.54, 1.807) is 6.20 Å². The van der Waals surface area contributed by atoms with Gasteiger partial charge in [-0.05, 0) is 55.7 Å². The predicted molar refractivity (Wildman–Crippen MR) is 122 cm³/mol. The van der Waals surface area contributed by atoms with Crippen molar-refractivity contribution >= 4 is 17.0 Å². The second kappa shape index (κ2) is 9.50. The number of nitrogen functional groups attached to an aromatic ring is 1. The average molecular weight is 659 g/mol. The van der Waals surface area contributed by atoms with Crippen LogP contribution < -0.4 is 5.73 Å². The van der Waals surface area contributed by atoms with Gasteiger partial charge in [0.25, 0.3) is 0 Å². The van der Waals surface area contributed by atoms with Crippen molar-refractivity contribution in [2.24, 2.45) is 0 Å². The van der Waals surface area contributed by atoms with Gasteiger partial charge in [-0.2, -0.15) is 6.42 Å². The molecule has 0 radical (unpaired) electrons. The number of hydrogen-bond acceptors (Lipinski definition) is 5. The summed E-state index contributed by atoms with van der Waals surface area (Å²) in [5.41, 5.74) is 11.5. The predicted octanol–water partition coefficient (Wildman–Crippen LogP) is 4.51. The molecular weight excluding hydrogens is 631 g/mol. The van der Waals surface area contributed by atoms with E-state index in [1.165, 1.54) is 5.56 Å². The molecule has 1 atom stereocenters. The van der Waals surface area contributed by atoms with Crippen LogP contribution in [0.4, 0.5) is 5.82 Å². The molecule has 3 aromatic heterocycles. The summed E-state index contributed by atoms with van der Waals surface area (Å²) in [5, 5.41) is 9.39. The fourth-order valence-corrected chi connectivity index (χ4v) is 3.52. The molecule has 0 saturated heterocycles. The molecule has 1 unspecified atom stereocenters. The summed E-state index contributed by atoms with van der Waals surface area (Å²) in [6.07, 6.45) is 2.96. The van der Waals surface area contributed by atoms with Crippen molar-refractivity contribution in [3.05, 3.63) is 80.3 Å². The summed E-state index contributed by atoms with van der Waals surface area (Å²) >= 11 is 0. The van der Waals surface area contributed by atoms with E-state index < -0.39 is 0 Å². The van der Waals surface area contributed by atoms with E-state index in [2.05, 4.69) is 31.0 Å². The summed E-state index contributed by atoms with van der Waals surface area (Å²) in [6.45, 7) is 6.18. The number of rotatable bonds is 6. The van der Waals surface area contributed by atoms with Gasteiger partial charge < -0.3 is 25.2 Å². The maximum absolute atomic E-state index is 9.39. The average Bonchev–Trinajstić information content (AvgIpc) is 3.11. The minimum Gasteiger partial charge on any atom is -0.396 e. The Kier molecular flexibility index (Phi) is 7.06. The molecule has 7 heteroatoms. The number of anilines is 1. The van der Waals surface area contributed by atoms with Crippen LogP contribution in [-0.2, 0) is 0 Å². The minimum absolute atomic E-state index is 0. The van der Waals surface area contributed by atoms with Gasteiger partial charge in [0, 0.05) is 24.2 Å². The standard InChI is InChI=1S/C23H24N5O.CH3.Fm/c1-3-16(12-14-29)19-10-11-20-23(26-19)28(17-8-6-15(2)7-9-17)22(27-20)18-5-4-13-25-21(18)24;;/h4-11,13,16,29H,1,3,12,14H2,2H3,(H2,24,25);1H3;/q2*-1;. The largest absolute Gasteiger partial charge is 0.396 e. The van der Waals surface area contributed by atoms with Crippen LogP contribution in [0.3, 0.4) is 0 Å². The number of nitrogens with zero attached hydrogens (tertiary/aromatic N) is 4. The van der Waals surface area contributed by atoms with E-state index in [-0.39, 0.29) is 20.0 Å². The smallest absolute Gasteiger partial charge is 0.165 e. The van der Waals surface area contributed by atoms with Crippen LogP contribution in [0.5, 0.6) is 0 Å². The third-order valence-corrected chi connectivity index (χ3v) is 5.14. The van der Waals surface area contributed by atoms with E-state index in [9.17, 15) is 5.11 Å². The van der Waals surface area contributed by atoms with Crippen LogP contribution in [0.25, 0.3) is 28.2 Å². The third-order valence-electron chi connectivity index (χ3n) is 5.14. The van der Waals surface area contributed by atoms with E-state index in [1.807, 2.05) is 41.0 Å². The van der Waals surface area contributed by atoms with Gasteiger partial charge in [-0.15, -0.1) is 0 Å². The van der Waals surface area contributed by atoms with Gasteiger partial charge in [-0.25, -0.2) is 15.0 Å². The molecule has 4 aromatic rings. The molecule has 3 heterocycles. The number of aryl methyl sites for hydroxylation is 1. The zero-order valence-corrected chi connectivity index (χ0v) is 20.1. The number of aliphatic hydroxyl groups is 1. The van der Waals surface area contributed by atoms with Gasteiger partial charge in [0.05, 0.1) is 5.56 Å². The first-order chi connectivity index (χ1) is 14.1. The molecule has 3 N–H and O–H groups in total. The van der Waals surface area contributed by atoms with Crippen LogP contribution in [-0.4, -0.2) is 31.2 Å². The number of fused-ring (bicyclic) bond motifs is 1. The zero-order valence-electron chi connectivity index (χ0n) is 17.7. The summed E-state index contributed by atoms with van der Waals surface area (Å²) in [7, 11) is 0. The van der Waals surface area contributed by atoms with Gasteiger partial charge in [0.2, 0.25) is 0 Å². The van der Waals surface area contributed by atoms with Crippen molar-refractivity contribution < 1.29 is 5.11 Å². The molecule has 6 nitrogen and oxygen atoms in total. The number of pyridine rings is 2. The Balaban J connectivity index is 0.00000171. The van der Waals surface area contributed by atoms with E-state index in [0.717, 1.165) is 28.1 Å². The van der Waals surface area contributed by atoms with Crippen molar-refractivity contribution in [2.75, 3.05) is 12.3 Å². The number of aromatic nitrogens is 4. The van der Waals surface area contributed by atoms with Crippen molar-refractivity contribution in [1.29, 1.82) is 0 Å². The minimum atomic E-state index is 0. The van der Waals surface area contributed by atoms with E-state index in [4.69, 9.17) is 15.7 Å². The second-order valence-electron chi connectivity index (χ2n) is 7.12. The van der Waals surface area contributed by atoms with Crippen molar-refractivity contribution in [3.63, 3.8) is 0 Å². The Morgan fingerprint density at radius 2 is 1.84 bits per heavy atom. The molecule has 0 spiro atoms. The van der Waals surface area contributed by atoms with Crippen LogP contribution in [0.15, 0.2) is 54.7 Å². The van der Waals surface area contributed by atoms with E-state index >= 15 is 0 Å². The normalized spacial score (nSPS) is 11.6. The summed E-state index contributed by atoms with van der Waals surface area (Å²) in [5.74, 6) is 1.22. The SMILES string of the molecule is [CH2-]CC(CCO)c1ccc2nc(-c3cccnc3N)n(-c3ccc(C)cc3)c2n1.[CH3-].[Fm]. The first kappa shape index (κ1) is 23.0. The first-order valence-electron chi connectivity index (χ1n) is 9.69. The molecule has 0 bridgehead atoms. The summed E-state index contributed by atoms with van der Waals surface area (Å²) in [4.78, 5) is 14.0. The monoisotopic (exact) mass is 658 g/mol. The van der Waals surface area contributed by atoms with Crippen molar-refractivity contribution in [1.82, 2.24) is 19.5 Å². The molecule has 0 amide bonds. The molecule has 0 aliphatic carbocycles. The van der Waals surface area contributed by atoms with Crippen LogP contribution in [0.2, 0.25) is 0 Å². The molecule has 4 rings (SSSR count). The summed E-state index contributed by atoms with van der Waals surface area (Å²) in [6, 6.07) is 15.9. The number of nitrogens with two attached hydrogens (primary N) is 1. The maximum atomic E-state index is 9.39. The fraction of sp³-hybridized carbons (Fsp3) is 0.208. The first-order valence-corrected chi connectivity index (χ1v) is 9.69. The third kappa shape index (κ3) is 4.21. The number of imidazole rings is 1. The van der Waals surface area contributed by atoms with Crippen LogP contribution in [0, 0.1) is 21.3 Å². The van der Waals surface area contributed by atoms with Gasteiger partial charge in [0.1, 0.15) is 11.3 Å². The number of hydrogen-bond donors (Lipinski definition) is 2. The fourth-order valence-electron chi connectivity index (χ4n) is 3.52. The van der Waals surface area contributed by atoms with Crippen LogP contribution in [0.1, 0.15) is 30.0 Å². The molecular formula is C24H27FmN5O-2. The van der Waals surface area contributed by atoms with E-state index in [0.29, 0.717) is 24.5 Å². The molecule has 0 saturated carbocycles. The molecule has 0 fully saturated rings. The van der Waals surface area contributed by atoms with Gasteiger partial charge in [0.15, 0.2) is 11.5 Å². The number of benzene rings is 1. The zero-order chi connectivity index (χ0) is 20.4. The second-order valence-corrected chi connectivity index (χ2v) is 7.12. The Bertz CT molecular complexity index is 1140. The molecule has 31 heavy (non-hydrogen) atoms. The molecule has 0 aliphatic heterocycles. The van der Waals surface area contributed by atoms with Crippen molar-refractivity contribution in [2.45, 2.75) is 25.7 Å². The topological polar surface area (TPSA) is 89.9 Å². The van der Waals surface area contributed by atoms with Crippen molar-refractivity contribution in [3.8, 4) is 17.1 Å². The Morgan fingerprint density at radius 1 is 1.10 bits per heavy atom. The van der Waals surface area contributed by atoms with Gasteiger partial charge in [-0.1, -0.05) is 17.7 Å². The maximum Gasteiger partial charge on any atom is 0.165 e.